The van der Waals surface area contributed by atoms with E-state index in [-0.39, 0.29) is 45.4 Å². The molecule has 14 heteroatoms. The van der Waals surface area contributed by atoms with Gasteiger partial charge in [0.05, 0.1) is 4.92 Å². The number of anilines is 2. The van der Waals surface area contributed by atoms with Gasteiger partial charge in [-0.05, 0) is 47.9 Å². The molecule has 36 heavy (non-hydrogen) atoms. The Morgan fingerprint density at radius 3 is 2.25 bits per heavy atom. The normalized spacial score (nSPS) is 11.4. The molecule has 0 amide bonds. The van der Waals surface area contributed by atoms with E-state index in [2.05, 4.69) is 15.5 Å². The van der Waals surface area contributed by atoms with Crippen LogP contribution in [0.2, 0.25) is 5.02 Å². The van der Waals surface area contributed by atoms with Crippen molar-refractivity contribution in [3.63, 3.8) is 0 Å². The number of benzene rings is 4. The molecule has 0 spiro atoms. The van der Waals surface area contributed by atoms with Crippen LogP contribution in [0.5, 0.6) is 11.5 Å². The van der Waals surface area contributed by atoms with Crippen LogP contribution in [0.4, 0.5) is 28.4 Å². The van der Waals surface area contributed by atoms with Crippen LogP contribution in [0.1, 0.15) is 0 Å². The molecule has 178 valence electrons. The molecule has 0 bridgehead atoms. The fourth-order valence-corrected chi connectivity index (χ4v) is 4.17. The summed E-state index contributed by atoms with van der Waals surface area (Å²) in [6, 6.07) is 16.9. The number of hydrogen-bond acceptors (Lipinski definition) is 9. The van der Waals surface area contributed by atoms with Gasteiger partial charge in [0, 0.05) is 27.8 Å². The quantitative estimate of drug-likeness (QED) is 0.0952. The monoisotopic (exact) mass is 537 g/mol. The summed E-state index contributed by atoms with van der Waals surface area (Å²) in [4.78, 5) is 9.43. The predicted octanol–water partition coefficient (Wildman–Crippen LogP) is 3.22. The third-order valence-electron chi connectivity index (χ3n) is 4.88. The molecule has 0 unspecified atom stereocenters. The first-order valence-corrected chi connectivity index (χ1v) is 11.5. The molecule has 0 atom stereocenters. The number of phenols is 2. The summed E-state index contributed by atoms with van der Waals surface area (Å²) in [6.45, 7) is 0. The van der Waals surface area contributed by atoms with Gasteiger partial charge < -0.3 is 15.5 Å². The summed E-state index contributed by atoms with van der Waals surface area (Å²) in [6.07, 6.45) is 0. The van der Waals surface area contributed by atoms with Crippen molar-refractivity contribution < 1.29 is 57.7 Å². The summed E-state index contributed by atoms with van der Waals surface area (Å²) >= 11 is 5.83. The Morgan fingerprint density at radius 2 is 1.61 bits per heavy atom. The van der Waals surface area contributed by atoms with Gasteiger partial charge in [-0.15, -0.1) is 10.2 Å². The number of rotatable bonds is 6. The van der Waals surface area contributed by atoms with E-state index in [1.54, 1.807) is 12.1 Å². The maximum Gasteiger partial charge on any atom is 1.00 e. The average molecular weight is 538 g/mol. The molecule has 4 aromatic rings. The van der Waals surface area contributed by atoms with Gasteiger partial charge >= 0.3 is 35.2 Å². The van der Waals surface area contributed by atoms with Crippen LogP contribution in [0.25, 0.3) is 10.8 Å². The van der Waals surface area contributed by atoms with Gasteiger partial charge in [-0.3, -0.25) is 14.7 Å². The average Bonchev–Trinajstić information content (AvgIpc) is 2.80. The zero-order valence-corrected chi connectivity index (χ0v) is 22.0. The Kier molecular flexibility index (Phi) is 8.19. The Bertz CT molecular complexity index is 1620. The molecule has 0 aliphatic rings. The van der Waals surface area contributed by atoms with E-state index >= 15 is 0 Å². The standard InChI is InChI=1S/C22H15ClN4O7S.Na/c23-13-10-17(22(29)18(11-13)27(30)31)25-26-20-19(35(32,33)34)9-12-8-15(6-7-16(12)21(20)28)24-14-4-2-1-3-5-14;/h1-11,24,28-29H,(H,32,33,34);/q;+1. The number of fused-ring (bicyclic) bond motifs is 1. The Hall–Kier alpha value is -3.26. The molecule has 0 fully saturated rings. The van der Waals surface area contributed by atoms with Gasteiger partial charge in [0.2, 0.25) is 5.75 Å². The first-order valence-electron chi connectivity index (χ1n) is 9.72. The third-order valence-corrected chi connectivity index (χ3v) is 5.97. The van der Waals surface area contributed by atoms with Crippen molar-refractivity contribution in [2.24, 2.45) is 10.2 Å². The van der Waals surface area contributed by atoms with Crippen LogP contribution in [0, 0.1) is 10.1 Å². The zero-order valence-electron chi connectivity index (χ0n) is 18.5. The Balaban J connectivity index is 0.00000361. The molecule has 4 rings (SSSR count). The number of nitro benzene ring substituents is 1. The van der Waals surface area contributed by atoms with Crippen molar-refractivity contribution in [2.45, 2.75) is 4.90 Å². The van der Waals surface area contributed by atoms with E-state index in [0.29, 0.717) is 5.69 Å². The summed E-state index contributed by atoms with van der Waals surface area (Å²) in [5.41, 5.74) is -0.484. The molecule has 0 aliphatic heterocycles. The van der Waals surface area contributed by atoms with Gasteiger partial charge in [-0.25, -0.2) is 0 Å². The van der Waals surface area contributed by atoms with Crippen molar-refractivity contribution in [3.05, 3.63) is 81.9 Å². The van der Waals surface area contributed by atoms with Crippen molar-refractivity contribution in [1.29, 1.82) is 0 Å². The number of aromatic hydroxyl groups is 2. The molecular formula is C22H15ClN4NaO7S+. The third kappa shape index (κ3) is 5.75. The molecule has 4 N–H and O–H groups in total. The maximum atomic E-state index is 12.1. The second-order valence-corrected chi connectivity index (χ2v) is 9.05. The van der Waals surface area contributed by atoms with Gasteiger partial charge in [-0.2, -0.15) is 8.42 Å². The summed E-state index contributed by atoms with van der Waals surface area (Å²) in [5.74, 6) is -1.49. The van der Waals surface area contributed by atoms with Crippen LogP contribution < -0.4 is 34.9 Å². The molecule has 0 radical (unpaired) electrons. The van der Waals surface area contributed by atoms with Gasteiger partial charge in [-0.1, -0.05) is 29.8 Å². The van der Waals surface area contributed by atoms with Crippen LogP contribution in [-0.4, -0.2) is 28.1 Å². The zero-order chi connectivity index (χ0) is 25.3. The Labute approximate surface area is 231 Å². The summed E-state index contributed by atoms with van der Waals surface area (Å²) in [5, 5.41) is 42.7. The van der Waals surface area contributed by atoms with Crippen LogP contribution >= 0.6 is 11.6 Å². The largest absolute Gasteiger partial charge is 1.00 e. The fraction of sp³-hybridized carbons (Fsp3) is 0. The molecule has 11 nitrogen and oxygen atoms in total. The Morgan fingerprint density at radius 1 is 0.917 bits per heavy atom. The number of phenolic OH excluding ortho intramolecular Hbond substituents is 2. The fourth-order valence-electron chi connectivity index (χ4n) is 3.30. The minimum atomic E-state index is -4.89. The number of nitrogens with zero attached hydrogens (tertiary/aromatic N) is 3. The summed E-state index contributed by atoms with van der Waals surface area (Å²) < 4.78 is 33.9. The number of para-hydroxylation sites is 1. The van der Waals surface area contributed by atoms with E-state index in [4.69, 9.17) is 11.6 Å². The first kappa shape index (κ1) is 27.3. The van der Waals surface area contributed by atoms with Crippen LogP contribution in [0.3, 0.4) is 0 Å². The van der Waals surface area contributed by atoms with Gasteiger partial charge in [0.1, 0.15) is 16.3 Å². The smallest absolute Gasteiger partial charge is 0.505 e. The summed E-state index contributed by atoms with van der Waals surface area (Å²) in [7, 11) is -4.89. The number of hydrogen-bond donors (Lipinski definition) is 4. The molecular weight excluding hydrogens is 523 g/mol. The van der Waals surface area contributed by atoms with E-state index in [1.807, 2.05) is 30.3 Å². The first-order chi connectivity index (χ1) is 16.5. The topological polar surface area (TPSA) is 175 Å². The maximum absolute atomic E-state index is 12.1. The van der Waals surface area contributed by atoms with Crippen molar-refractivity contribution in [2.75, 3.05) is 5.32 Å². The van der Waals surface area contributed by atoms with Crippen LogP contribution in [-0.2, 0) is 10.1 Å². The predicted molar refractivity (Wildman–Crippen MR) is 129 cm³/mol. The number of halogens is 1. The van der Waals surface area contributed by atoms with Crippen LogP contribution in [0.15, 0.2) is 81.9 Å². The number of nitrogens with one attached hydrogen (secondary N) is 1. The van der Waals surface area contributed by atoms with E-state index in [0.717, 1.165) is 23.9 Å². The molecule has 0 aliphatic carbocycles. The van der Waals surface area contributed by atoms with Crippen molar-refractivity contribution in [1.82, 2.24) is 0 Å². The molecule has 4 aromatic carbocycles. The minimum absolute atomic E-state index is 0. The van der Waals surface area contributed by atoms with Crippen molar-refractivity contribution in [3.8, 4) is 11.5 Å². The SMILES string of the molecule is O=[N+]([O-])c1cc(Cl)cc(N=Nc2c(S(=O)(=O)O)cc3cc(Nc4ccccc4)ccc3c2O)c1O.[Na+]. The van der Waals surface area contributed by atoms with Gasteiger partial charge in [0.15, 0.2) is 5.75 Å². The molecule has 0 heterocycles. The molecule has 0 saturated carbocycles. The second kappa shape index (κ2) is 10.8. The van der Waals surface area contributed by atoms with E-state index < -0.39 is 48.5 Å². The second-order valence-electron chi connectivity index (χ2n) is 7.22. The van der Waals surface area contributed by atoms with Crippen molar-refractivity contribution >= 4 is 60.9 Å². The number of azo groups is 1. The van der Waals surface area contributed by atoms with E-state index in [1.165, 1.54) is 6.07 Å². The van der Waals surface area contributed by atoms with Gasteiger partial charge in [0.25, 0.3) is 10.1 Å². The molecule has 0 aromatic heterocycles. The van der Waals surface area contributed by atoms with E-state index in [9.17, 15) is 33.3 Å². The molecule has 0 saturated heterocycles. The minimum Gasteiger partial charge on any atom is -0.505 e. The number of nitro groups is 1.